The molecule has 0 atom stereocenters. The average Bonchev–Trinajstić information content (AvgIpc) is 3.24. The highest BCUT2D eigenvalue weighted by atomic mass is 19.1. The van der Waals surface area contributed by atoms with Crippen LogP contribution in [0.4, 0.5) is 4.39 Å². The van der Waals surface area contributed by atoms with Crippen LogP contribution in [-0.2, 0) is 19.1 Å². The van der Waals surface area contributed by atoms with E-state index in [9.17, 15) is 18.8 Å². The monoisotopic (exact) mass is 526 g/mol. The molecule has 0 unspecified atom stereocenters. The first-order valence-corrected chi connectivity index (χ1v) is 13.2. The third-order valence-corrected chi connectivity index (χ3v) is 7.61. The highest BCUT2D eigenvalue weighted by Gasteiger charge is 2.50. The van der Waals surface area contributed by atoms with Gasteiger partial charge in [-0.25, -0.2) is 9.40 Å². The van der Waals surface area contributed by atoms with E-state index in [1.54, 1.807) is 29.0 Å². The first-order chi connectivity index (χ1) is 18.2. The van der Waals surface area contributed by atoms with E-state index in [-0.39, 0.29) is 18.4 Å². The van der Waals surface area contributed by atoms with Crippen LogP contribution >= 0.6 is 0 Å². The molecule has 0 aromatic carbocycles. The highest BCUT2D eigenvalue weighted by Crippen LogP contribution is 2.54. The second-order valence-electron chi connectivity index (χ2n) is 9.91. The molecule has 1 saturated heterocycles. The van der Waals surface area contributed by atoms with Crippen LogP contribution in [0, 0.1) is 5.41 Å². The number of rotatable bonds is 9. The molecule has 0 aromatic rings. The Hall–Kier alpha value is -3.33. The van der Waals surface area contributed by atoms with E-state index in [0.717, 1.165) is 24.0 Å². The van der Waals surface area contributed by atoms with E-state index in [1.165, 1.54) is 5.01 Å². The van der Waals surface area contributed by atoms with Gasteiger partial charge in [-0.05, 0) is 52.0 Å². The molecule has 38 heavy (non-hydrogen) atoms. The Bertz CT molecular complexity index is 1110. The van der Waals surface area contributed by atoms with Crippen LogP contribution in [0.2, 0.25) is 0 Å². The van der Waals surface area contributed by atoms with Crippen LogP contribution in [-0.4, -0.2) is 85.1 Å². The van der Waals surface area contributed by atoms with Gasteiger partial charge in [0.05, 0.1) is 37.5 Å². The minimum absolute atomic E-state index is 0.0444. The zero-order chi connectivity index (χ0) is 27.9. The molecule has 3 aliphatic rings. The van der Waals surface area contributed by atoms with E-state index in [1.807, 2.05) is 26.8 Å². The van der Waals surface area contributed by atoms with Crippen LogP contribution in [0.3, 0.4) is 0 Å². The number of piperidine rings is 1. The summed E-state index contributed by atoms with van der Waals surface area (Å²) >= 11 is 0. The lowest BCUT2D eigenvalue weighted by atomic mass is 9.72. The molecule has 0 saturated carbocycles. The molecular formula is C29H39FN4O4. The van der Waals surface area contributed by atoms with Crippen molar-refractivity contribution >= 4 is 23.8 Å². The maximum Gasteiger partial charge on any atom is 0.272 e. The van der Waals surface area contributed by atoms with E-state index < -0.39 is 5.41 Å². The summed E-state index contributed by atoms with van der Waals surface area (Å²) in [5, 5.41) is 5.91. The lowest BCUT2D eigenvalue weighted by molar-refractivity contribution is -0.129. The zero-order valence-electron chi connectivity index (χ0n) is 23.0. The molecule has 0 bridgehead atoms. The number of carbonyl (C=O) groups excluding carboxylic acids is 3. The summed E-state index contributed by atoms with van der Waals surface area (Å²) in [4.78, 5) is 41.9. The quantitative estimate of drug-likeness (QED) is 0.149. The summed E-state index contributed by atoms with van der Waals surface area (Å²) in [6.45, 7) is 11.8. The summed E-state index contributed by atoms with van der Waals surface area (Å²) in [7, 11) is 1.61. The van der Waals surface area contributed by atoms with E-state index >= 15 is 0 Å². The van der Waals surface area contributed by atoms with Crippen molar-refractivity contribution in [1.82, 2.24) is 14.8 Å². The van der Waals surface area contributed by atoms with Gasteiger partial charge in [-0.2, -0.15) is 5.10 Å². The molecule has 2 amide bonds. The van der Waals surface area contributed by atoms with Crippen molar-refractivity contribution in [3.05, 3.63) is 59.1 Å². The van der Waals surface area contributed by atoms with E-state index in [4.69, 9.17) is 4.74 Å². The minimum atomic E-state index is -0.672. The Morgan fingerprint density at radius 3 is 2.58 bits per heavy atom. The van der Waals surface area contributed by atoms with Gasteiger partial charge in [-0.15, -0.1) is 0 Å². The topological polar surface area (TPSA) is 82.5 Å². The van der Waals surface area contributed by atoms with Gasteiger partial charge >= 0.3 is 0 Å². The summed E-state index contributed by atoms with van der Waals surface area (Å²) in [5.74, 6) is -0.473. The molecule has 0 N–H and O–H groups in total. The average molecular weight is 527 g/mol. The first-order valence-electron chi connectivity index (χ1n) is 13.2. The lowest BCUT2D eigenvalue weighted by Gasteiger charge is -2.41. The molecule has 3 rings (SSSR count). The Morgan fingerprint density at radius 1 is 1.32 bits per heavy atom. The molecule has 0 aromatic heterocycles. The molecule has 206 valence electrons. The smallest absolute Gasteiger partial charge is 0.272 e. The molecule has 9 heteroatoms. The van der Waals surface area contributed by atoms with E-state index in [0.29, 0.717) is 80.9 Å². The number of hydrogen-bond donors (Lipinski definition) is 0. The fourth-order valence-corrected chi connectivity index (χ4v) is 5.59. The molecule has 2 aliphatic heterocycles. The maximum absolute atomic E-state index is 14.3. The van der Waals surface area contributed by atoms with E-state index in [2.05, 4.69) is 11.7 Å². The normalized spacial score (nSPS) is 20.8. The zero-order valence-corrected chi connectivity index (χ0v) is 23.0. The second-order valence-corrected chi connectivity index (χ2v) is 9.91. The number of nitrogens with zero attached hydrogens (tertiary/aromatic N) is 4. The maximum atomic E-state index is 14.3. The van der Waals surface area contributed by atoms with Crippen LogP contribution < -0.4 is 0 Å². The minimum Gasteiger partial charge on any atom is -0.377 e. The van der Waals surface area contributed by atoms with Crippen LogP contribution in [0.25, 0.3) is 0 Å². The number of likely N-dealkylation sites (N-methyl/N-ethyl adjacent to an activating group) is 2. The number of aldehydes is 1. The molecule has 0 radical (unpaired) electrons. The number of likely N-dealkylation sites (tertiary alicyclic amines) is 1. The molecule has 1 aliphatic carbocycles. The van der Waals surface area contributed by atoms with Crippen molar-refractivity contribution in [3.63, 3.8) is 0 Å². The summed E-state index contributed by atoms with van der Waals surface area (Å²) in [6, 6.07) is 0. The van der Waals surface area contributed by atoms with Crippen molar-refractivity contribution < 1.29 is 23.5 Å². The number of halogens is 1. The van der Waals surface area contributed by atoms with Gasteiger partial charge in [0.1, 0.15) is 6.29 Å². The number of ether oxygens (including phenoxy) is 1. The number of hydrogen-bond acceptors (Lipinski definition) is 6. The SMILES string of the molecule is C=C(/C=C\C)C(=O)N1CCC2(CC1)C/C(=C\F)C(N(CC)CC=O)=C2C(=O)N(C)/N=C(\C)C1=CCOCC1. The molecular weight excluding hydrogens is 487 g/mol. The van der Waals surface area contributed by atoms with Crippen molar-refractivity contribution in [2.24, 2.45) is 10.5 Å². The summed E-state index contributed by atoms with van der Waals surface area (Å²) in [6.07, 6.45) is 8.75. The largest absolute Gasteiger partial charge is 0.377 e. The standard InChI is InChI=1S/C29H39FN4O4/c1-6-8-21(3)27(36)34-13-11-29(12-14-34)19-24(20-30)26(33(7-2)15-16-35)25(29)28(37)32(5)31-22(4)23-9-17-38-18-10-23/h6,8-9,16,20H,3,7,10-15,17-19H2,1-2,4-5H3/b8-6-,24-20+,31-22+. The summed E-state index contributed by atoms with van der Waals surface area (Å²) in [5.41, 5.74) is 2.81. The molecule has 8 nitrogen and oxygen atoms in total. The van der Waals surface area contributed by atoms with Crippen LogP contribution in [0.1, 0.15) is 46.5 Å². The first kappa shape index (κ1) is 29.2. The third-order valence-electron chi connectivity index (χ3n) is 7.61. The fourth-order valence-electron chi connectivity index (χ4n) is 5.59. The number of amides is 2. The third kappa shape index (κ3) is 6.04. The Labute approximate surface area is 224 Å². The molecule has 2 heterocycles. The van der Waals surface area contributed by atoms with Gasteiger partial charge in [-0.1, -0.05) is 24.8 Å². The fraction of sp³-hybridized carbons (Fsp3) is 0.517. The molecule has 1 fully saturated rings. The molecule has 1 spiro atoms. The van der Waals surface area contributed by atoms with Crippen molar-refractivity contribution in [2.75, 3.05) is 46.4 Å². The van der Waals surface area contributed by atoms with Crippen molar-refractivity contribution in [2.45, 2.75) is 46.5 Å². The van der Waals surface area contributed by atoms with Crippen molar-refractivity contribution in [1.29, 1.82) is 0 Å². The van der Waals surface area contributed by atoms with Gasteiger partial charge in [0.2, 0.25) is 0 Å². The number of carbonyl (C=O) groups is 3. The van der Waals surface area contributed by atoms with Gasteiger partial charge in [0.15, 0.2) is 0 Å². The predicted molar refractivity (Wildman–Crippen MR) is 146 cm³/mol. The Kier molecular flexibility index (Phi) is 9.96. The number of allylic oxidation sites excluding steroid dienone is 2. The van der Waals surface area contributed by atoms with Gasteiger partial charge < -0.3 is 19.3 Å². The lowest BCUT2D eigenvalue weighted by Crippen LogP contribution is -2.45. The van der Waals surface area contributed by atoms with Gasteiger partial charge in [0, 0.05) is 48.8 Å². The van der Waals surface area contributed by atoms with Crippen LogP contribution in [0.5, 0.6) is 0 Å². The summed E-state index contributed by atoms with van der Waals surface area (Å²) < 4.78 is 19.7. The van der Waals surface area contributed by atoms with Crippen molar-refractivity contribution in [3.8, 4) is 0 Å². The Balaban J connectivity index is 2.01. The van der Waals surface area contributed by atoms with Gasteiger partial charge in [-0.3, -0.25) is 9.59 Å². The second kappa shape index (κ2) is 13.0. The van der Waals surface area contributed by atoms with Gasteiger partial charge in [0.25, 0.3) is 11.8 Å². The number of hydrazone groups is 1. The Morgan fingerprint density at radius 2 is 2.03 bits per heavy atom. The predicted octanol–water partition coefficient (Wildman–Crippen LogP) is 3.94. The highest BCUT2D eigenvalue weighted by molar-refractivity contribution is 6.02. The van der Waals surface area contributed by atoms with Crippen LogP contribution in [0.15, 0.2) is 64.2 Å².